The number of carbonyl (C=O) groups excluding carboxylic acids is 1. The highest BCUT2D eigenvalue weighted by Gasteiger charge is 2.21. The highest BCUT2D eigenvalue weighted by Crippen LogP contribution is 2.25. The molecule has 0 unspecified atom stereocenters. The second kappa shape index (κ2) is 8.08. The van der Waals surface area contributed by atoms with Crippen LogP contribution in [0.1, 0.15) is 34.4 Å². The molecule has 5 rings (SSSR count). The van der Waals surface area contributed by atoms with Crippen molar-refractivity contribution in [1.82, 2.24) is 40.1 Å². The maximum Gasteiger partial charge on any atom is 0.278 e. The molecule has 1 aliphatic rings. The summed E-state index contributed by atoms with van der Waals surface area (Å²) in [6.45, 7) is 3.93. The predicted molar refractivity (Wildman–Crippen MR) is 117 cm³/mol. The molecule has 4 aromatic heterocycles. The Bertz CT molecular complexity index is 1240. The van der Waals surface area contributed by atoms with E-state index in [2.05, 4.69) is 47.7 Å². The van der Waals surface area contributed by atoms with Crippen molar-refractivity contribution in [2.24, 2.45) is 0 Å². The van der Waals surface area contributed by atoms with Crippen molar-refractivity contribution >= 4 is 33.8 Å². The first-order valence-corrected chi connectivity index (χ1v) is 10.8. The predicted octanol–water partition coefficient (Wildman–Crippen LogP) is 2.57. The summed E-state index contributed by atoms with van der Waals surface area (Å²) in [7, 11) is 2.11. The van der Waals surface area contributed by atoms with E-state index in [1.54, 1.807) is 23.3 Å². The molecular formula is C20H21N9OS. The highest BCUT2D eigenvalue weighted by atomic mass is 32.1. The van der Waals surface area contributed by atoms with Gasteiger partial charge in [0.15, 0.2) is 10.7 Å². The number of nitrogens with zero attached hydrogens (tertiary/aromatic N) is 8. The number of nitrogens with one attached hydrogen (secondary N) is 1. The number of hydrogen-bond acceptors (Lipinski definition) is 9. The molecule has 1 saturated heterocycles. The lowest BCUT2D eigenvalue weighted by molar-refractivity contribution is 0.102. The Kier molecular flexibility index (Phi) is 5.12. The summed E-state index contributed by atoms with van der Waals surface area (Å²) in [6.07, 6.45) is 7.14. The topological polar surface area (TPSA) is 115 Å². The van der Waals surface area contributed by atoms with Crippen LogP contribution in [0.15, 0.2) is 30.7 Å². The van der Waals surface area contributed by atoms with Crippen molar-refractivity contribution in [3.63, 3.8) is 0 Å². The van der Waals surface area contributed by atoms with Crippen molar-refractivity contribution in [2.45, 2.75) is 25.8 Å². The molecule has 11 heteroatoms. The van der Waals surface area contributed by atoms with Gasteiger partial charge in [-0.3, -0.25) is 9.78 Å². The van der Waals surface area contributed by atoms with Crippen LogP contribution in [0.4, 0.5) is 5.82 Å². The highest BCUT2D eigenvalue weighted by molar-refractivity contribution is 7.14. The minimum atomic E-state index is -0.333. The van der Waals surface area contributed by atoms with Crippen LogP contribution >= 0.6 is 11.3 Å². The molecule has 0 saturated carbocycles. The summed E-state index contributed by atoms with van der Waals surface area (Å²) in [6, 6.07) is 4.01. The monoisotopic (exact) mass is 435 g/mol. The quantitative estimate of drug-likeness (QED) is 0.520. The molecule has 1 N–H and O–H groups in total. The van der Waals surface area contributed by atoms with E-state index in [1.165, 1.54) is 11.3 Å². The number of pyridine rings is 2. The third-order valence-electron chi connectivity index (χ3n) is 5.40. The Morgan fingerprint density at radius 2 is 1.90 bits per heavy atom. The number of fused-ring (bicyclic) bond motifs is 1. The van der Waals surface area contributed by atoms with E-state index >= 15 is 0 Å². The number of anilines is 1. The average molecular weight is 436 g/mol. The van der Waals surface area contributed by atoms with Gasteiger partial charge < -0.3 is 10.2 Å². The molecule has 0 atom stereocenters. The summed E-state index contributed by atoms with van der Waals surface area (Å²) in [5, 5.41) is 22.7. The summed E-state index contributed by atoms with van der Waals surface area (Å²) in [4.78, 5) is 23.7. The Morgan fingerprint density at radius 3 is 2.68 bits per heavy atom. The lowest BCUT2D eigenvalue weighted by Gasteiger charge is -2.28. The van der Waals surface area contributed by atoms with Gasteiger partial charge in [0, 0.05) is 17.8 Å². The first kappa shape index (κ1) is 19.6. The van der Waals surface area contributed by atoms with Crippen molar-refractivity contribution in [1.29, 1.82) is 0 Å². The molecule has 5 heterocycles. The molecule has 10 nitrogen and oxygen atoms in total. The minimum absolute atomic E-state index is 0.277. The lowest BCUT2D eigenvalue weighted by Crippen LogP contribution is -2.31. The van der Waals surface area contributed by atoms with E-state index < -0.39 is 0 Å². The number of hydrogen-bond donors (Lipinski definition) is 1. The summed E-state index contributed by atoms with van der Waals surface area (Å²) in [5.41, 5.74) is 1.02. The van der Waals surface area contributed by atoms with Gasteiger partial charge in [0.05, 0.1) is 12.2 Å². The number of piperidine rings is 1. The van der Waals surface area contributed by atoms with Gasteiger partial charge in [-0.15, -0.1) is 15.3 Å². The van der Waals surface area contributed by atoms with Crippen molar-refractivity contribution < 1.29 is 4.79 Å². The lowest BCUT2D eigenvalue weighted by atomic mass is 10.1. The molecule has 4 aromatic rings. The van der Waals surface area contributed by atoms with E-state index in [0.717, 1.165) is 52.4 Å². The third-order valence-corrected chi connectivity index (χ3v) is 6.26. The van der Waals surface area contributed by atoms with Crippen LogP contribution in [0.5, 0.6) is 0 Å². The first-order chi connectivity index (χ1) is 15.0. The Morgan fingerprint density at radius 1 is 1.10 bits per heavy atom. The van der Waals surface area contributed by atoms with Crippen molar-refractivity contribution in [3.8, 4) is 10.7 Å². The van der Waals surface area contributed by atoms with Crippen LogP contribution in [0.2, 0.25) is 0 Å². The summed E-state index contributed by atoms with van der Waals surface area (Å²) < 4.78 is 1.80. The Balaban J connectivity index is 1.33. The molecule has 1 aliphatic heterocycles. The fourth-order valence-corrected chi connectivity index (χ4v) is 4.28. The first-order valence-electron chi connectivity index (χ1n) is 10.0. The van der Waals surface area contributed by atoms with Crippen LogP contribution in [0.25, 0.3) is 21.5 Å². The molecular weight excluding hydrogens is 414 g/mol. The molecule has 0 radical (unpaired) electrons. The molecule has 0 bridgehead atoms. The van der Waals surface area contributed by atoms with Gasteiger partial charge in [-0.2, -0.15) is 0 Å². The van der Waals surface area contributed by atoms with Crippen LogP contribution < -0.4 is 5.32 Å². The van der Waals surface area contributed by atoms with Gasteiger partial charge >= 0.3 is 0 Å². The fourth-order valence-electron chi connectivity index (χ4n) is 3.62. The van der Waals surface area contributed by atoms with E-state index in [0.29, 0.717) is 5.82 Å². The average Bonchev–Trinajstić information content (AvgIpc) is 3.43. The molecule has 31 heavy (non-hydrogen) atoms. The van der Waals surface area contributed by atoms with E-state index in [-0.39, 0.29) is 17.6 Å². The van der Waals surface area contributed by atoms with Gasteiger partial charge in [-0.05, 0) is 57.4 Å². The second-order valence-corrected chi connectivity index (χ2v) is 8.87. The SMILES string of the molecule is Cc1nnc(-c2cc3cc(NC(=O)c4cn(C5CCN(C)CC5)nn4)ncc3cn2)s1. The number of rotatable bonds is 4. The van der Waals surface area contributed by atoms with Gasteiger partial charge in [0.1, 0.15) is 16.5 Å². The van der Waals surface area contributed by atoms with Gasteiger partial charge in [-0.1, -0.05) is 16.6 Å². The van der Waals surface area contributed by atoms with Crippen LogP contribution in [-0.2, 0) is 0 Å². The van der Waals surface area contributed by atoms with Crippen LogP contribution in [0, 0.1) is 6.92 Å². The molecule has 1 amide bonds. The normalized spacial score (nSPS) is 15.4. The molecule has 158 valence electrons. The maximum atomic E-state index is 12.7. The number of aromatic nitrogens is 7. The Hall–Kier alpha value is -3.31. The molecule has 1 fully saturated rings. The molecule has 0 spiro atoms. The summed E-state index contributed by atoms with van der Waals surface area (Å²) >= 11 is 1.49. The zero-order chi connectivity index (χ0) is 21.4. The smallest absolute Gasteiger partial charge is 0.278 e. The van der Waals surface area contributed by atoms with Gasteiger partial charge in [-0.25, -0.2) is 9.67 Å². The number of amides is 1. The largest absolute Gasteiger partial charge is 0.306 e. The van der Waals surface area contributed by atoms with Crippen molar-refractivity contribution in [3.05, 3.63) is 41.4 Å². The third kappa shape index (κ3) is 4.14. The van der Waals surface area contributed by atoms with Crippen LogP contribution in [0.3, 0.4) is 0 Å². The minimum Gasteiger partial charge on any atom is -0.306 e. The maximum absolute atomic E-state index is 12.7. The fraction of sp³-hybridized carbons (Fsp3) is 0.350. The second-order valence-electron chi connectivity index (χ2n) is 7.68. The van der Waals surface area contributed by atoms with E-state index in [9.17, 15) is 4.79 Å². The van der Waals surface area contributed by atoms with Crippen molar-refractivity contribution in [2.75, 3.05) is 25.5 Å². The number of likely N-dealkylation sites (tertiary alicyclic amines) is 1. The molecule has 0 aliphatic carbocycles. The number of aryl methyl sites for hydroxylation is 1. The zero-order valence-electron chi connectivity index (χ0n) is 17.2. The van der Waals surface area contributed by atoms with E-state index in [4.69, 9.17) is 0 Å². The number of carbonyl (C=O) groups is 1. The van der Waals surface area contributed by atoms with Gasteiger partial charge in [0.25, 0.3) is 5.91 Å². The van der Waals surface area contributed by atoms with Gasteiger partial charge in [0.2, 0.25) is 0 Å². The standard InChI is InChI=1S/C20H21N9OS/c1-12-24-26-20(31-12)16-7-13-8-18(22-10-14(13)9-21-16)23-19(30)17-11-29(27-25-17)15-3-5-28(2)6-4-15/h7-11,15H,3-6H2,1-2H3,(H,22,23,30). The Labute approximate surface area is 182 Å². The van der Waals surface area contributed by atoms with Crippen LogP contribution in [-0.4, -0.2) is 66.1 Å². The molecule has 0 aromatic carbocycles. The zero-order valence-corrected chi connectivity index (χ0v) is 18.0. The summed E-state index contributed by atoms with van der Waals surface area (Å²) in [5.74, 6) is 0.108. The van der Waals surface area contributed by atoms with E-state index in [1.807, 2.05) is 19.1 Å².